The van der Waals surface area contributed by atoms with Gasteiger partial charge in [-0.05, 0) is 13.0 Å². The monoisotopic (exact) mass is 355 g/mol. The van der Waals surface area contributed by atoms with Gasteiger partial charge in [0, 0.05) is 18.5 Å². The number of sulfonamides is 1. The molecule has 0 aromatic heterocycles. The van der Waals surface area contributed by atoms with E-state index in [2.05, 4.69) is 15.6 Å². The Morgan fingerprint density at radius 3 is 3.00 bits per heavy atom. The number of benzene rings is 1. The van der Waals surface area contributed by atoms with Crippen molar-refractivity contribution in [1.82, 2.24) is 15.6 Å². The van der Waals surface area contributed by atoms with Crippen molar-refractivity contribution in [2.24, 2.45) is 5.92 Å². The quantitative estimate of drug-likeness (QED) is 0.641. The summed E-state index contributed by atoms with van der Waals surface area (Å²) in [7, 11) is -3.79. The van der Waals surface area contributed by atoms with Gasteiger partial charge in [-0.3, -0.25) is 10.2 Å². The SMILES string of the molecule is CCOC(=O)C1CNNC1S(=O)(=O)NC1CCOc2ccccc21. The van der Waals surface area contributed by atoms with Crippen LogP contribution in [0.15, 0.2) is 24.3 Å². The molecule has 8 nitrogen and oxygen atoms in total. The molecule has 3 rings (SSSR count). The van der Waals surface area contributed by atoms with Crippen LogP contribution in [0.3, 0.4) is 0 Å². The lowest BCUT2D eigenvalue weighted by molar-refractivity contribution is -0.147. The second-order valence-electron chi connectivity index (χ2n) is 5.69. The van der Waals surface area contributed by atoms with Gasteiger partial charge in [-0.15, -0.1) is 0 Å². The molecular weight excluding hydrogens is 334 g/mol. The minimum absolute atomic E-state index is 0.203. The molecule has 24 heavy (non-hydrogen) atoms. The molecule has 1 aromatic rings. The van der Waals surface area contributed by atoms with Crippen LogP contribution in [0.2, 0.25) is 0 Å². The summed E-state index contributed by atoms with van der Waals surface area (Å²) in [6, 6.07) is 6.95. The first-order valence-corrected chi connectivity index (χ1v) is 9.45. The van der Waals surface area contributed by atoms with Crippen LogP contribution in [0, 0.1) is 5.92 Å². The Morgan fingerprint density at radius 2 is 2.21 bits per heavy atom. The molecule has 0 radical (unpaired) electrons. The fraction of sp³-hybridized carbons (Fsp3) is 0.533. The van der Waals surface area contributed by atoms with E-state index in [0.717, 1.165) is 5.56 Å². The van der Waals surface area contributed by atoms with Gasteiger partial charge in [0.05, 0.1) is 19.3 Å². The van der Waals surface area contributed by atoms with Gasteiger partial charge in [-0.1, -0.05) is 18.2 Å². The van der Waals surface area contributed by atoms with Crippen LogP contribution in [0.25, 0.3) is 0 Å². The van der Waals surface area contributed by atoms with Gasteiger partial charge in [0.25, 0.3) is 0 Å². The van der Waals surface area contributed by atoms with Crippen LogP contribution < -0.4 is 20.3 Å². The zero-order valence-electron chi connectivity index (χ0n) is 13.3. The largest absolute Gasteiger partial charge is 0.493 e. The summed E-state index contributed by atoms with van der Waals surface area (Å²) in [5.41, 5.74) is 6.19. The van der Waals surface area contributed by atoms with E-state index < -0.39 is 27.3 Å². The summed E-state index contributed by atoms with van der Waals surface area (Å²) in [5.74, 6) is -0.647. The number of hydrazine groups is 1. The highest BCUT2D eigenvalue weighted by atomic mass is 32.2. The maximum Gasteiger partial charge on any atom is 0.313 e. The van der Waals surface area contributed by atoms with Crippen molar-refractivity contribution < 1.29 is 22.7 Å². The van der Waals surface area contributed by atoms with E-state index in [-0.39, 0.29) is 19.2 Å². The molecule has 132 valence electrons. The van der Waals surface area contributed by atoms with E-state index in [4.69, 9.17) is 9.47 Å². The van der Waals surface area contributed by atoms with E-state index in [9.17, 15) is 13.2 Å². The lowest BCUT2D eigenvalue weighted by Gasteiger charge is -2.28. The van der Waals surface area contributed by atoms with Crippen molar-refractivity contribution in [3.05, 3.63) is 29.8 Å². The second-order valence-corrected chi connectivity index (χ2v) is 7.53. The molecular formula is C15H21N3O5S. The number of nitrogens with one attached hydrogen (secondary N) is 3. The van der Waals surface area contributed by atoms with E-state index in [1.807, 2.05) is 24.3 Å². The fourth-order valence-corrected chi connectivity index (χ4v) is 4.63. The summed E-state index contributed by atoms with van der Waals surface area (Å²) in [6.45, 7) is 2.54. The zero-order chi connectivity index (χ0) is 17.2. The van der Waals surface area contributed by atoms with Crippen LogP contribution in [-0.4, -0.2) is 39.5 Å². The fourth-order valence-electron chi connectivity index (χ4n) is 2.96. The third kappa shape index (κ3) is 3.39. The molecule has 1 saturated heterocycles. The van der Waals surface area contributed by atoms with Crippen molar-refractivity contribution in [3.8, 4) is 5.75 Å². The van der Waals surface area contributed by atoms with Crippen LogP contribution >= 0.6 is 0 Å². The summed E-state index contributed by atoms with van der Waals surface area (Å²) in [6.07, 6.45) is 0.528. The maximum absolute atomic E-state index is 12.8. The molecule has 2 aliphatic heterocycles. The molecule has 0 bridgehead atoms. The van der Waals surface area contributed by atoms with Crippen molar-refractivity contribution in [2.45, 2.75) is 24.8 Å². The number of carbonyl (C=O) groups is 1. The predicted octanol–water partition coefficient (Wildman–Crippen LogP) is 0.0428. The molecule has 0 spiro atoms. The van der Waals surface area contributed by atoms with Crippen LogP contribution in [-0.2, 0) is 19.6 Å². The molecule has 1 fully saturated rings. The smallest absolute Gasteiger partial charge is 0.313 e. The second kappa shape index (κ2) is 7.06. The average Bonchev–Trinajstić information content (AvgIpc) is 3.06. The molecule has 3 atom stereocenters. The van der Waals surface area contributed by atoms with Crippen LogP contribution in [0.5, 0.6) is 5.75 Å². The average molecular weight is 355 g/mol. The maximum atomic E-state index is 12.8. The Bertz CT molecular complexity index is 709. The van der Waals surface area contributed by atoms with Gasteiger partial charge in [0.1, 0.15) is 11.7 Å². The van der Waals surface area contributed by atoms with Gasteiger partial charge in [-0.2, -0.15) is 0 Å². The minimum Gasteiger partial charge on any atom is -0.493 e. The molecule has 3 N–H and O–H groups in total. The Morgan fingerprint density at radius 1 is 1.42 bits per heavy atom. The molecule has 0 aliphatic carbocycles. The highest BCUT2D eigenvalue weighted by Crippen LogP contribution is 2.32. The van der Waals surface area contributed by atoms with Gasteiger partial charge in [0.15, 0.2) is 5.37 Å². The van der Waals surface area contributed by atoms with Crippen molar-refractivity contribution >= 4 is 16.0 Å². The first kappa shape index (κ1) is 17.2. The molecule has 1 aromatic carbocycles. The highest BCUT2D eigenvalue weighted by molar-refractivity contribution is 7.90. The minimum atomic E-state index is -3.79. The molecule has 0 amide bonds. The third-order valence-electron chi connectivity index (χ3n) is 4.12. The topological polar surface area (TPSA) is 106 Å². The molecule has 2 heterocycles. The predicted molar refractivity (Wildman–Crippen MR) is 86.4 cm³/mol. The highest BCUT2D eigenvalue weighted by Gasteiger charge is 2.43. The number of para-hydroxylation sites is 1. The molecule has 2 aliphatic rings. The van der Waals surface area contributed by atoms with Gasteiger partial charge < -0.3 is 9.47 Å². The summed E-state index contributed by atoms with van der Waals surface area (Å²) in [5, 5.41) is -1.08. The molecule has 0 saturated carbocycles. The number of fused-ring (bicyclic) bond motifs is 1. The van der Waals surface area contributed by atoms with Crippen LogP contribution in [0.4, 0.5) is 0 Å². The Labute approximate surface area is 140 Å². The van der Waals surface area contributed by atoms with Gasteiger partial charge in [0.2, 0.25) is 10.0 Å². The normalized spacial score (nSPS) is 26.5. The van der Waals surface area contributed by atoms with E-state index in [0.29, 0.717) is 18.8 Å². The number of ether oxygens (including phenoxy) is 2. The van der Waals surface area contributed by atoms with E-state index in [1.54, 1.807) is 6.92 Å². The Kier molecular flexibility index (Phi) is 5.04. The summed E-state index contributed by atoms with van der Waals surface area (Å²) >= 11 is 0. The molecule has 3 unspecified atom stereocenters. The van der Waals surface area contributed by atoms with Gasteiger partial charge in [-0.25, -0.2) is 18.6 Å². The number of hydrogen-bond donors (Lipinski definition) is 3. The number of esters is 1. The standard InChI is InChI=1S/C15H21N3O5S/c1-2-22-15(19)11-9-16-17-14(11)24(20,21)18-12-7-8-23-13-6-4-3-5-10(12)13/h3-6,11-12,14,16-18H,2,7-9H2,1H3. The van der Waals surface area contributed by atoms with Crippen molar-refractivity contribution in [3.63, 3.8) is 0 Å². The number of hydrogen-bond acceptors (Lipinski definition) is 7. The number of rotatable bonds is 5. The zero-order valence-corrected chi connectivity index (χ0v) is 14.1. The van der Waals surface area contributed by atoms with E-state index >= 15 is 0 Å². The third-order valence-corrected chi connectivity index (χ3v) is 5.85. The first-order valence-electron chi connectivity index (χ1n) is 7.91. The van der Waals surface area contributed by atoms with E-state index in [1.165, 1.54) is 0 Å². The Hall–Kier alpha value is -1.68. The lowest BCUT2D eigenvalue weighted by atomic mass is 10.0. The summed E-state index contributed by atoms with van der Waals surface area (Å²) < 4.78 is 38.8. The first-order chi connectivity index (χ1) is 11.5. The summed E-state index contributed by atoms with van der Waals surface area (Å²) in [4.78, 5) is 12.0. The lowest BCUT2D eigenvalue weighted by Crippen LogP contribution is -2.48. The van der Waals surface area contributed by atoms with Crippen LogP contribution in [0.1, 0.15) is 24.9 Å². The van der Waals surface area contributed by atoms with Crippen molar-refractivity contribution in [1.29, 1.82) is 0 Å². The van der Waals surface area contributed by atoms with Crippen molar-refractivity contribution in [2.75, 3.05) is 19.8 Å². The molecule has 9 heteroatoms. The Balaban J connectivity index is 1.78. The number of carbonyl (C=O) groups excluding carboxylic acids is 1. The van der Waals surface area contributed by atoms with Gasteiger partial charge >= 0.3 is 5.97 Å².